The molecule has 1 unspecified atom stereocenters. The summed E-state index contributed by atoms with van der Waals surface area (Å²) in [4.78, 5) is 23.4. The largest absolute Gasteiger partial charge is 0.479 e. The van der Waals surface area contributed by atoms with Gasteiger partial charge < -0.3 is 10.0 Å². The minimum absolute atomic E-state index is 0.530. The number of carboxylic acids is 1. The maximum Gasteiger partial charge on any atom is 0.334 e. The molecule has 1 N–H and O–H groups in total. The fraction of sp³-hybridized carbons (Fsp3) is 0.385. The van der Waals surface area contributed by atoms with Crippen molar-refractivity contribution < 1.29 is 14.7 Å². The van der Waals surface area contributed by atoms with E-state index in [1.165, 1.54) is 14.0 Å². The summed E-state index contributed by atoms with van der Waals surface area (Å²) in [6, 6.07) is 7.28. The number of carboxylic acid groups (broad SMARTS) is 1. The minimum atomic E-state index is -1.33. The van der Waals surface area contributed by atoms with Gasteiger partial charge in [-0.05, 0) is 24.5 Å². The standard InChI is InChI=1S/C13H17NO3/c1-4-10-5-7-11(8-6-10)13(2,12(16)17)14(3)9-15/h5-9H,4H2,1-3H3,(H,16,17). The van der Waals surface area contributed by atoms with Gasteiger partial charge in [-0.25, -0.2) is 4.79 Å². The van der Waals surface area contributed by atoms with E-state index in [-0.39, 0.29) is 0 Å². The number of hydrogen-bond acceptors (Lipinski definition) is 2. The summed E-state index contributed by atoms with van der Waals surface area (Å²) < 4.78 is 0. The zero-order valence-electron chi connectivity index (χ0n) is 10.3. The fourth-order valence-electron chi connectivity index (χ4n) is 1.65. The highest BCUT2D eigenvalue weighted by Gasteiger charge is 2.39. The van der Waals surface area contributed by atoms with Gasteiger partial charge in [-0.2, -0.15) is 0 Å². The summed E-state index contributed by atoms with van der Waals surface area (Å²) in [5.74, 6) is -1.05. The van der Waals surface area contributed by atoms with E-state index in [0.717, 1.165) is 16.9 Å². The van der Waals surface area contributed by atoms with Crippen molar-refractivity contribution in [3.63, 3.8) is 0 Å². The van der Waals surface area contributed by atoms with Crippen molar-refractivity contribution in [1.29, 1.82) is 0 Å². The summed E-state index contributed by atoms with van der Waals surface area (Å²) in [6.45, 7) is 3.55. The molecular formula is C13H17NO3. The van der Waals surface area contributed by atoms with Crippen LogP contribution in [0.4, 0.5) is 0 Å². The number of aryl methyl sites for hydroxylation is 1. The quantitative estimate of drug-likeness (QED) is 0.789. The highest BCUT2D eigenvalue weighted by Crippen LogP contribution is 2.26. The fourth-order valence-corrected chi connectivity index (χ4v) is 1.65. The van der Waals surface area contributed by atoms with Gasteiger partial charge in [0.05, 0.1) is 0 Å². The SMILES string of the molecule is CCc1ccc(C(C)(C(=O)O)N(C)C=O)cc1. The molecule has 1 atom stereocenters. The van der Waals surface area contributed by atoms with Crippen LogP contribution in [0.25, 0.3) is 0 Å². The van der Waals surface area contributed by atoms with Gasteiger partial charge in [0.15, 0.2) is 5.54 Å². The molecule has 92 valence electrons. The van der Waals surface area contributed by atoms with E-state index in [9.17, 15) is 14.7 Å². The van der Waals surface area contributed by atoms with E-state index >= 15 is 0 Å². The van der Waals surface area contributed by atoms with Crippen LogP contribution in [0.3, 0.4) is 0 Å². The van der Waals surface area contributed by atoms with Gasteiger partial charge in [0.2, 0.25) is 6.41 Å². The molecule has 0 saturated carbocycles. The maximum atomic E-state index is 11.4. The van der Waals surface area contributed by atoms with Crippen molar-refractivity contribution in [3.8, 4) is 0 Å². The molecule has 0 spiro atoms. The van der Waals surface area contributed by atoms with Crippen LogP contribution in [0.1, 0.15) is 25.0 Å². The molecule has 1 rings (SSSR count). The third-order valence-corrected chi connectivity index (χ3v) is 3.20. The molecule has 0 heterocycles. The van der Waals surface area contributed by atoms with Crippen LogP contribution < -0.4 is 0 Å². The molecule has 4 heteroatoms. The summed E-state index contributed by atoms with van der Waals surface area (Å²) in [5.41, 5.74) is 0.403. The van der Waals surface area contributed by atoms with Gasteiger partial charge in [0.25, 0.3) is 0 Å². The Labute approximate surface area is 101 Å². The van der Waals surface area contributed by atoms with Crippen LogP contribution in [0.15, 0.2) is 24.3 Å². The summed E-state index contributed by atoms with van der Waals surface area (Å²) in [7, 11) is 1.47. The van der Waals surface area contributed by atoms with Crippen molar-refractivity contribution in [3.05, 3.63) is 35.4 Å². The van der Waals surface area contributed by atoms with Crippen molar-refractivity contribution in [2.24, 2.45) is 0 Å². The molecule has 17 heavy (non-hydrogen) atoms. The number of carbonyl (C=O) groups excluding carboxylic acids is 1. The van der Waals surface area contributed by atoms with Crippen molar-refractivity contribution in [2.75, 3.05) is 7.05 Å². The Morgan fingerprint density at radius 3 is 2.29 bits per heavy atom. The highest BCUT2D eigenvalue weighted by atomic mass is 16.4. The zero-order valence-corrected chi connectivity index (χ0v) is 10.3. The third kappa shape index (κ3) is 2.30. The lowest BCUT2D eigenvalue weighted by Crippen LogP contribution is -2.47. The number of carbonyl (C=O) groups is 2. The molecule has 0 radical (unpaired) electrons. The predicted molar refractivity (Wildman–Crippen MR) is 64.6 cm³/mol. The molecule has 1 aromatic rings. The van der Waals surface area contributed by atoms with Crippen molar-refractivity contribution in [2.45, 2.75) is 25.8 Å². The van der Waals surface area contributed by atoms with Gasteiger partial charge >= 0.3 is 5.97 Å². The first-order chi connectivity index (χ1) is 7.96. The number of likely N-dealkylation sites (N-methyl/N-ethyl adjacent to an activating group) is 1. The first-order valence-corrected chi connectivity index (χ1v) is 5.47. The lowest BCUT2D eigenvalue weighted by atomic mass is 9.90. The van der Waals surface area contributed by atoms with E-state index in [1.54, 1.807) is 12.1 Å². The van der Waals surface area contributed by atoms with Crippen LogP contribution >= 0.6 is 0 Å². The van der Waals surface area contributed by atoms with Gasteiger partial charge in [0, 0.05) is 7.05 Å². The second-order valence-corrected chi connectivity index (χ2v) is 4.14. The van der Waals surface area contributed by atoms with Gasteiger partial charge in [-0.15, -0.1) is 0 Å². The van der Waals surface area contributed by atoms with E-state index in [4.69, 9.17) is 0 Å². The summed E-state index contributed by atoms with van der Waals surface area (Å²) in [5, 5.41) is 9.31. The molecule has 0 bridgehead atoms. The molecule has 0 aliphatic rings. The molecule has 0 aromatic heterocycles. The lowest BCUT2D eigenvalue weighted by molar-refractivity contribution is -0.153. The Morgan fingerprint density at radius 2 is 1.94 bits per heavy atom. The Morgan fingerprint density at radius 1 is 1.41 bits per heavy atom. The van der Waals surface area contributed by atoms with Crippen LogP contribution in [0, 0.1) is 0 Å². The van der Waals surface area contributed by atoms with E-state index in [1.807, 2.05) is 19.1 Å². The number of aliphatic carboxylic acids is 1. The average molecular weight is 235 g/mol. The van der Waals surface area contributed by atoms with Gasteiger partial charge in [0.1, 0.15) is 0 Å². The number of nitrogens with zero attached hydrogens (tertiary/aromatic N) is 1. The van der Waals surface area contributed by atoms with E-state index in [2.05, 4.69) is 0 Å². The molecule has 0 aliphatic carbocycles. The molecule has 0 fully saturated rings. The zero-order chi connectivity index (χ0) is 13.1. The topological polar surface area (TPSA) is 57.6 Å². The van der Waals surface area contributed by atoms with Gasteiger partial charge in [-0.3, -0.25) is 4.79 Å². The second-order valence-electron chi connectivity index (χ2n) is 4.14. The highest BCUT2D eigenvalue weighted by molar-refractivity contribution is 5.82. The molecule has 4 nitrogen and oxygen atoms in total. The first-order valence-electron chi connectivity index (χ1n) is 5.47. The Hall–Kier alpha value is -1.84. The van der Waals surface area contributed by atoms with Crippen LogP contribution in [0.2, 0.25) is 0 Å². The third-order valence-electron chi connectivity index (χ3n) is 3.20. The molecular weight excluding hydrogens is 218 g/mol. The van der Waals surface area contributed by atoms with Crippen molar-refractivity contribution >= 4 is 12.4 Å². The molecule has 1 amide bonds. The molecule has 0 saturated heterocycles. The Kier molecular flexibility index (Phi) is 3.89. The van der Waals surface area contributed by atoms with Crippen LogP contribution in [-0.2, 0) is 21.5 Å². The minimum Gasteiger partial charge on any atom is -0.479 e. The summed E-state index contributed by atoms with van der Waals surface area (Å²) >= 11 is 0. The summed E-state index contributed by atoms with van der Waals surface area (Å²) in [6.07, 6.45) is 1.43. The normalized spacial score (nSPS) is 13.8. The van der Waals surface area contributed by atoms with Gasteiger partial charge in [-0.1, -0.05) is 31.2 Å². The number of rotatable bonds is 5. The lowest BCUT2D eigenvalue weighted by Gasteiger charge is -2.32. The number of amides is 1. The smallest absolute Gasteiger partial charge is 0.334 e. The number of hydrogen-bond donors (Lipinski definition) is 1. The first kappa shape index (κ1) is 13.2. The molecule has 1 aromatic carbocycles. The monoisotopic (exact) mass is 235 g/mol. The predicted octanol–water partition coefficient (Wildman–Crippen LogP) is 1.64. The maximum absolute atomic E-state index is 11.4. The average Bonchev–Trinajstić information content (AvgIpc) is 2.36. The van der Waals surface area contributed by atoms with Crippen LogP contribution in [-0.4, -0.2) is 29.4 Å². The van der Waals surface area contributed by atoms with Crippen LogP contribution in [0.5, 0.6) is 0 Å². The molecule has 0 aliphatic heterocycles. The Balaban J connectivity index is 3.22. The van der Waals surface area contributed by atoms with Crippen molar-refractivity contribution in [1.82, 2.24) is 4.90 Å². The van der Waals surface area contributed by atoms with E-state index in [0.29, 0.717) is 12.0 Å². The van der Waals surface area contributed by atoms with E-state index < -0.39 is 11.5 Å². The Bertz CT molecular complexity index is 413. The second kappa shape index (κ2) is 4.99. The number of benzene rings is 1.